The Hall–Kier alpha value is -0.960. The van der Waals surface area contributed by atoms with Crippen LogP contribution in [0.5, 0.6) is 0 Å². The normalized spacial score (nSPS) is 10.1. The number of nitrogens with zero attached hydrogens (tertiary/aromatic N) is 1. The molecular weight excluding hydrogens is 176 g/mol. The van der Waals surface area contributed by atoms with Gasteiger partial charge in [-0.05, 0) is 18.6 Å². The van der Waals surface area contributed by atoms with Gasteiger partial charge in [0.15, 0.2) is 5.78 Å². The second-order valence-electron chi connectivity index (χ2n) is 2.52. The molecule has 0 bridgehead atoms. The van der Waals surface area contributed by atoms with Gasteiger partial charge >= 0.3 is 0 Å². The fraction of sp³-hybridized carbons (Fsp3) is 0.375. The van der Waals surface area contributed by atoms with Gasteiger partial charge in [0.2, 0.25) is 0 Å². The van der Waals surface area contributed by atoms with Crippen molar-refractivity contribution in [3.05, 3.63) is 24.0 Å². The van der Waals surface area contributed by atoms with Crippen LogP contribution in [-0.2, 0) is 0 Å². The van der Waals surface area contributed by atoms with Gasteiger partial charge < -0.3 is 5.84 Å². The predicted octanol–water partition coefficient (Wildman–Crippen LogP) is 1.40. The second kappa shape index (κ2) is 4.16. The van der Waals surface area contributed by atoms with E-state index < -0.39 is 0 Å². The van der Waals surface area contributed by atoms with E-state index in [0.717, 1.165) is 0 Å². The van der Waals surface area contributed by atoms with Gasteiger partial charge in [0, 0.05) is 18.5 Å². The summed E-state index contributed by atoms with van der Waals surface area (Å²) < 4.78 is 1.33. The van der Waals surface area contributed by atoms with Crippen molar-refractivity contribution in [2.24, 2.45) is 0 Å². The maximum absolute atomic E-state index is 11.3. The highest BCUT2D eigenvalue weighted by Crippen LogP contribution is 2.04. The van der Waals surface area contributed by atoms with Crippen LogP contribution in [0.1, 0.15) is 23.3 Å². The fourth-order valence-corrected chi connectivity index (χ4v) is 1.12. The Bertz CT molecular complexity index is 270. The molecule has 1 aromatic heterocycles. The van der Waals surface area contributed by atoms with E-state index in [1.807, 2.05) is 0 Å². The summed E-state index contributed by atoms with van der Waals surface area (Å²) in [5.74, 6) is 6.03. The molecule has 0 aliphatic carbocycles. The molecule has 0 aromatic carbocycles. The van der Waals surface area contributed by atoms with E-state index in [9.17, 15) is 4.79 Å². The molecule has 1 rings (SSSR count). The molecule has 0 saturated carbocycles. The van der Waals surface area contributed by atoms with Gasteiger partial charge in [-0.15, -0.1) is 11.6 Å². The smallest absolute Gasteiger partial charge is 0.181 e. The van der Waals surface area contributed by atoms with Crippen LogP contribution in [-0.4, -0.2) is 16.3 Å². The topological polar surface area (TPSA) is 48.0 Å². The van der Waals surface area contributed by atoms with Crippen molar-refractivity contribution in [1.82, 2.24) is 4.68 Å². The molecule has 12 heavy (non-hydrogen) atoms. The van der Waals surface area contributed by atoms with E-state index in [0.29, 0.717) is 24.4 Å². The Morgan fingerprint density at radius 2 is 2.42 bits per heavy atom. The quantitative estimate of drug-likeness (QED) is 0.439. The summed E-state index contributed by atoms with van der Waals surface area (Å²) in [5.41, 5.74) is 0.542. The molecule has 66 valence electrons. The van der Waals surface area contributed by atoms with E-state index in [1.54, 1.807) is 18.3 Å². The van der Waals surface area contributed by atoms with Crippen LogP contribution >= 0.6 is 11.6 Å². The minimum Gasteiger partial charge on any atom is -0.339 e. The van der Waals surface area contributed by atoms with Crippen LogP contribution in [0, 0.1) is 0 Å². The number of aromatic nitrogens is 1. The van der Waals surface area contributed by atoms with Crippen molar-refractivity contribution in [1.29, 1.82) is 0 Å². The third kappa shape index (κ3) is 2.01. The molecule has 0 spiro atoms. The van der Waals surface area contributed by atoms with Crippen LogP contribution < -0.4 is 5.84 Å². The number of hydrogen-bond acceptors (Lipinski definition) is 2. The Labute approximate surface area is 76.1 Å². The molecule has 4 heteroatoms. The van der Waals surface area contributed by atoms with Crippen molar-refractivity contribution < 1.29 is 4.79 Å². The van der Waals surface area contributed by atoms with E-state index in [2.05, 4.69) is 0 Å². The molecular formula is C8H11ClN2O. The number of alkyl halides is 1. The number of halogens is 1. The van der Waals surface area contributed by atoms with Crippen LogP contribution in [0.15, 0.2) is 18.3 Å². The fourth-order valence-electron chi connectivity index (χ4n) is 0.986. The molecule has 0 amide bonds. The summed E-state index contributed by atoms with van der Waals surface area (Å²) in [5, 5.41) is 0. The lowest BCUT2D eigenvalue weighted by atomic mass is 10.2. The zero-order valence-corrected chi connectivity index (χ0v) is 7.42. The Morgan fingerprint density at radius 3 is 2.92 bits per heavy atom. The maximum atomic E-state index is 11.3. The number of hydrogen-bond donors (Lipinski definition) is 1. The van der Waals surface area contributed by atoms with Gasteiger partial charge in [-0.25, -0.2) is 0 Å². The van der Waals surface area contributed by atoms with Crippen LogP contribution in [0.4, 0.5) is 0 Å². The molecule has 1 heterocycles. The van der Waals surface area contributed by atoms with Gasteiger partial charge in [0.25, 0.3) is 0 Å². The van der Waals surface area contributed by atoms with Crippen molar-refractivity contribution in [2.45, 2.75) is 12.8 Å². The SMILES string of the molecule is Nn1cccc1C(=O)CCCCl. The van der Waals surface area contributed by atoms with Crippen molar-refractivity contribution in [2.75, 3.05) is 11.7 Å². The average Bonchev–Trinajstić information content (AvgIpc) is 2.47. The summed E-state index contributed by atoms with van der Waals surface area (Å²) >= 11 is 5.46. The first-order valence-corrected chi connectivity index (χ1v) is 4.30. The van der Waals surface area contributed by atoms with E-state index in [4.69, 9.17) is 17.4 Å². The number of carbonyl (C=O) groups is 1. The first-order valence-electron chi connectivity index (χ1n) is 3.77. The number of nitrogens with two attached hydrogens (primary N) is 1. The first-order chi connectivity index (χ1) is 5.75. The summed E-state index contributed by atoms with van der Waals surface area (Å²) in [7, 11) is 0. The summed E-state index contributed by atoms with van der Waals surface area (Å²) in [6, 6.07) is 3.45. The van der Waals surface area contributed by atoms with E-state index in [-0.39, 0.29) is 5.78 Å². The molecule has 0 aliphatic rings. The lowest BCUT2D eigenvalue weighted by Gasteiger charge is -2.00. The molecule has 2 N–H and O–H groups in total. The number of ketones is 1. The minimum absolute atomic E-state index is 0.0446. The first kappa shape index (κ1) is 9.13. The van der Waals surface area contributed by atoms with Crippen LogP contribution in [0.2, 0.25) is 0 Å². The molecule has 0 atom stereocenters. The highest BCUT2D eigenvalue weighted by atomic mass is 35.5. The third-order valence-corrected chi connectivity index (χ3v) is 1.87. The number of Topliss-reactive ketones (excluding diaryl/α,β-unsaturated/α-hetero) is 1. The average molecular weight is 187 g/mol. The molecule has 3 nitrogen and oxygen atoms in total. The number of nitrogen functional groups attached to an aromatic ring is 1. The lowest BCUT2D eigenvalue weighted by molar-refractivity contribution is 0.0975. The van der Waals surface area contributed by atoms with Gasteiger partial charge in [-0.1, -0.05) is 0 Å². The second-order valence-corrected chi connectivity index (χ2v) is 2.89. The van der Waals surface area contributed by atoms with E-state index >= 15 is 0 Å². The molecule has 0 aliphatic heterocycles. The summed E-state index contributed by atoms with van der Waals surface area (Å²) in [6.07, 6.45) is 2.81. The van der Waals surface area contributed by atoms with Crippen molar-refractivity contribution in [3.63, 3.8) is 0 Å². The van der Waals surface area contributed by atoms with Gasteiger partial charge in [0.05, 0.1) is 0 Å². The maximum Gasteiger partial charge on any atom is 0.181 e. The summed E-state index contributed by atoms with van der Waals surface area (Å²) in [6.45, 7) is 0. The van der Waals surface area contributed by atoms with Gasteiger partial charge in [-0.2, -0.15) is 0 Å². The Kier molecular flexibility index (Phi) is 3.17. The minimum atomic E-state index is 0.0446. The number of rotatable bonds is 4. The van der Waals surface area contributed by atoms with Crippen molar-refractivity contribution in [3.8, 4) is 0 Å². The molecule has 0 saturated heterocycles. The largest absolute Gasteiger partial charge is 0.339 e. The monoisotopic (exact) mass is 186 g/mol. The highest BCUT2D eigenvalue weighted by molar-refractivity contribution is 6.18. The molecule has 0 unspecified atom stereocenters. The zero-order chi connectivity index (χ0) is 8.97. The molecule has 1 aromatic rings. The zero-order valence-electron chi connectivity index (χ0n) is 6.66. The predicted molar refractivity (Wildman–Crippen MR) is 48.9 cm³/mol. The highest BCUT2D eigenvalue weighted by Gasteiger charge is 2.07. The van der Waals surface area contributed by atoms with Crippen LogP contribution in [0.3, 0.4) is 0 Å². The van der Waals surface area contributed by atoms with Crippen LogP contribution in [0.25, 0.3) is 0 Å². The standard InChI is InChI=1S/C8H11ClN2O/c9-5-1-4-8(12)7-3-2-6-11(7)10/h2-3,6H,1,4-5,10H2. The summed E-state index contributed by atoms with van der Waals surface area (Å²) in [4.78, 5) is 11.3. The van der Waals surface area contributed by atoms with Gasteiger partial charge in [0.1, 0.15) is 5.69 Å². The van der Waals surface area contributed by atoms with E-state index in [1.165, 1.54) is 4.68 Å². The molecule has 0 fully saturated rings. The lowest BCUT2D eigenvalue weighted by Crippen LogP contribution is -2.15. The Morgan fingerprint density at radius 1 is 1.67 bits per heavy atom. The number of carbonyl (C=O) groups excluding carboxylic acids is 1. The van der Waals surface area contributed by atoms with Crippen molar-refractivity contribution >= 4 is 17.4 Å². The third-order valence-electron chi connectivity index (χ3n) is 1.60. The van der Waals surface area contributed by atoms with Gasteiger partial charge in [-0.3, -0.25) is 9.47 Å². The Balaban J connectivity index is 2.59. The molecule has 0 radical (unpaired) electrons.